The van der Waals surface area contributed by atoms with Crippen LogP contribution in [0.25, 0.3) is 0 Å². The van der Waals surface area contributed by atoms with Crippen LogP contribution in [0.4, 0.5) is 0 Å². The van der Waals surface area contributed by atoms with E-state index in [9.17, 15) is 9.59 Å². The molecule has 1 aromatic rings. The fourth-order valence-corrected chi connectivity index (χ4v) is 1.43. The summed E-state index contributed by atoms with van der Waals surface area (Å²) in [5.41, 5.74) is 1.41. The van der Waals surface area contributed by atoms with E-state index in [2.05, 4.69) is 0 Å². The zero-order valence-electron chi connectivity index (χ0n) is 10.4. The number of hydrogen-bond donors (Lipinski definition) is 0. The predicted molar refractivity (Wildman–Crippen MR) is 65.4 cm³/mol. The van der Waals surface area contributed by atoms with Crippen LogP contribution < -0.4 is 4.74 Å². The summed E-state index contributed by atoms with van der Waals surface area (Å²) in [4.78, 5) is 23.7. The Labute approximate surface area is 101 Å². The average molecular weight is 235 g/mol. The molecule has 92 valence electrons. The molecule has 4 nitrogen and oxygen atoms in total. The first-order valence-electron chi connectivity index (χ1n) is 5.44. The fourth-order valence-electron chi connectivity index (χ4n) is 1.43. The predicted octanol–water partition coefficient (Wildman–Crippen LogP) is 1.66. The number of aryl methyl sites for hydroxylation is 1. The van der Waals surface area contributed by atoms with Gasteiger partial charge in [0.2, 0.25) is 5.91 Å². The first kappa shape index (κ1) is 13.2. The van der Waals surface area contributed by atoms with Crippen LogP contribution in [0.3, 0.4) is 0 Å². The van der Waals surface area contributed by atoms with Crippen molar-refractivity contribution in [2.24, 2.45) is 0 Å². The molecule has 17 heavy (non-hydrogen) atoms. The topological polar surface area (TPSA) is 46.6 Å². The van der Waals surface area contributed by atoms with Crippen molar-refractivity contribution in [3.63, 3.8) is 0 Å². The number of aldehydes is 1. The second kappa shape index (κ2) is 6.03. The van der Waals surface area contributed by atoms with Gasteiger partial charge in [-0.1, -0.05) is 12.1 Å². The minimum absolute atomic E-state index is 0.00578. The van der Waals surface area contributed by atoms with Crippen molar-refractivity contribution in [3.05, 3.63) is 29.3 Å². The van der Waals surface area contributed by atoms with Crippen LogP contribution in [0, 0.1) is 6.92 Å². The van der Waals surface area contributed by atoms with Gasteiger partial charge in [0.25, 0.3) is 0 Å². The molecule has 1 amide bonds. The van der Waals surface area contributed by atoms with E-state index in [1.165, 1.54) is 4.90 Å². The first-order valence-corrected chi connectivity index (χ1v) is 5.44. The van der Waals surface area contributed by atoms with E-state index >= 15 is 0 Å². The lowest BCUT2D eigenvalue weighted by atomic mass is 10.1. The van der Waals surface area contributed by atoms with Gasteiger partial charge in [-0.2, -0.15) is 0 Å². The van der Waals surface area contributed by atoms with E-state index in [0.29, 0.717) is 17.7 Å². The summed E-state index contributed by atoms with van der Waals surface area (Å²) in [6.07, 6.45) is 1.07. The summed E-state index contributed by atoms with van der Waals surface area (Å²) in [5.74, 6) is 0.570. The smallest absolute Gasteiger partial charge is 0.225 e. The Morgan fingerprint density at radius 1 is 1.41 bits per heavy atom. The quantitative estimate of drug-likeness (QED) is 0.729. The number of carbonyl (C=O) groups is 2. The van der Waals surface area contributed by atoms with Gasteiger partial charge in [0.1, 0.15) is 5.75 Å². The van der Waals surface area contributed by atoms with Gasteiger partial charge in [0.15, 0.2) is 6.29 Å². The van der Waals surface area contributed by atoms with Crippen molar-refractivity contribution in [1.29, 1.82) is 0 Å². The Hall–Kier alpha value is -1.84. The van der Waals surface area contributed by atoms with Crippen molar-refractivity contribution in [2.45, 2.75) is 13.3 Å². The molecule has 0 unspecified atom stereocenters. The molecule has 0 heterocycles. The summed E-state index contributed by atoms with van der Waals surface area (Å²) in [5, 5.41) is 0. The van der Waals surface area contributed by atoms with Crippen LogP contribution in [0.5, 0.6) is 5.75 Å². The van der Waals surface area contributed by atoms with Crippen molar-refractivity contribution in [3.8, 4) is 5.75 Å². The van der Waals surface area contributed by atoms with Gasteiger partial charge in [0.05, 0.1) is 18.6 Å². The average Bonchev–Trinajstić information content (AvgIpc) is 2.30. The number of para-hydroxylation sites is 1. The Bertz CT molecular complexity index is 413. The monoisotopic (exact) mass is 235 g/mol. The van der Waals surface area contributed by atoms with E-state index in [0.717, 1.165) is 11.8 Å². The van der Waals surface area contributed by atoms with Gasteiger partial charge < -0.3 is 9.64 Å². The number of hydrogen-bond acceptors (Lipinski definition) is 3. The van der Waals surface area contributed by atoms with Crippen LogP contribution >= 0.6 is 0 Å². The molecule has 0 aromatic heterocycles. The Kier molecular flexibility index (Phi) is 4.69. The molecule has 0 N–H and O–H groups in total. The van der Waals surface area contributed by atoms with Gasteiger partial charge in [-0.3, -0.25) is 9.59 Å². The lowest BCUT2D eigenvalue weighted by molar-refractivity contribution is -0.129. The highest BCUT2D eigenvalue weighted by atomic mass is 16.5. The summed E-state index contributed by atoms with van der Waals surface area (Å²) in [6.45, 7) is 2.15. The SMILES string of the molecule is Cc1cccc(C=O)c1OCCC(=O)N(C)C. The Morgan fingerprint density at radius 3 is 2.71 bits per heavy atom. The zero-order valence-corrected chi connectivity index (χ0v) is 10.4. The molecule has 0 saturated heterocycles. The maximum atomic E-state index is 11.3. The molecule has 1 aromatic carbocycles. The lowest BCUT2D eigenvalue weighted by Crippen LogP contribution is -2.23. The molecule has 1 rings (SSSR count). The largest absolute Gasteiger partial charge is 0.492 e. The highest BCUT2D eigenvalue weighted by molar-refractivity contribution is 5.80. The highest BCUT2D eigenvalue weighted by Crippen LogP contribution is 2.21. The maximum absolute atomic E-state index is 11.3. The Balaban J connectivity index is 2.63. The minimum atomic E-state index is 0.00578. The van der Waals surface area contributed by atoms with Crippen molar-refractivity contribution in [2.75, 3.05) is 20.7 Å². The number of carbonyl (C=O) groups excluding carboxylic acids is 2. The molecule has 0 saturated carbocycles. The van der Waals surface area contributed by atoms with E-state index in [-0.39, 0.29) is 12.5 Å². The van der Waals surface area contributed by atoms with Crippen molar-refractivity contribution >= 4 is 12.2 Å². The van der Waals surface area contributed by atoms with Gasteiger partial charge in [-0.05, 0) is 18.6 Å². The minimum Gasteiger partial charge on any atom is -0.492 e. The fraction of sp³-hybridized carbons (Fsp3) is 0.385. The number of ether oxygens (including phenoxy) is 1. The van der Waals surface area contributed by atoms with E-state index in [1.807, 2.05) is 13.0 Å². The van der Waals surface area contributed by atoms with Crippen LogP contribution in [0.15, 0.2) is 18.2 Å². The number of amides is 1. The molecule has 0 aliphatic heterocycles. The summed E-state index contributed by atoms with van der Waals surface area (Å²) < 4.78 is 5.50. The molecular formula is C13H17NO3. The Morgan fingerprint density at radius 2 is 2.12 bits per heavy atom. The molecule has 0 fully saturated rings. The van der Waals surface area contributed by atoms with Crippen molar-refractivity contribution in [1.82, 2.24) is 4.90 Å². The molecule has 4 heteroatoms. The van der Waals surface area contributed by atoms with Crippen molar-refractivity contribution < 1.29 is 14.3 Å². The third-order valence-corrected chi connectivity index (χ3v) is 2.43. The van der Waals surface area contributed by atoms with E-state index in [4.69, 9.17) is 4.74 Å². The van der Waals surface area contributed by atoms with Crippen LogP contribution in [0.2, 0.25) is 0 Å². The van der Waals surface area contributed by atoms with Gasteiger partial charge in [-0.25, -0.2) is 0 Å². The van der Waals surface area contributed by atoms with Gasteiger partial charge >= 0.3 is 0 Å². The highest BCUT2D eigenvalue weighted by Gasteiger charge is 2.08. The second-order valence-electron chi connectivity index (χ2n) is 4.00. The van der Waals surface area contributed by atoms with Crippen LogP contribution in [-0.2, 0) is 4.79 Å². The molecule has 0 aliphatic rings. The number of benzene rings is 1. The molecule has 0 radical (unpaired) electrons. The second-order valence-corrected chi connectivity index (χ2v) is 4.00. The van der Waals surface area contributed by atoms with E-state index in [1.54, 1.807) is 26.2 Å². The normalized spacial score (nSPS) is 9.82. The van der Waals surface area contributed by atoms with Gasteiger partial charge in [-0.15, -0.1) is 0 Å². The molecule has 0 spiro atoms. The lowest BCUT2D eigenvalue weighted by Gasteiger charge is -2.13. The number of nitrogens with zero attached hydrogens (tertiary/aromatic N) is 1. The number of rotatable bonds is 5. The van der Waals surface area contributed by atoms with E-state index < -0.39 is 0 Å². The molecule has 0 atom stereocenters. The van der Waals surface area contributed by atoms with Gasteiger partial charge in [0, 0.05) is 14.1 Å². The summed E-state index contributed by atoms with van der Waals surface area (Å²) >= 11 is 0. The third-order valence-electron chi connectivity index (χ3n) is 2.43. The first-order chi connectivity index (χ1) is 8.06. The summed E-state index contributed by atoms with van der Waals surface area (Å²) in [6, 6.07) is 5.37. The zero-order chi connectivity index (χ0) is 12.8. The molecule has 0 aliphatic carbocycles. The van der Waals surface area contributed by atoms with Crippen LogP contribution in [-0.4, -0.2) is 37.8 Å². The van der Waals surface area contributed by atoms with Crippen LogP contribution in [0.1, 0.15) is 22.3 Å². The third kappa shape index (κ3) is 3.59. The summed E-state index contributed by atoms with van der Waals surface area (Å²) in [7, 11) is 3.40. The molecule has 0 bridgehead atoms. The standard InChI is InChI=1S/C13H17NO3/c1-10-5-4-6-11(9-15)13(10)17-8-7-12(16)14(2)3/h4-6,9H,7-8H2,1-3H3. The maximum Gasteiger partial charge on any atom is 0.225 e. The molecular weight excluding hydrogens is 218 g/mol.